The first-order chi connectivity index (χ1) is 9.77. The maximum atomic E-state index is 12.0. The number of nitrogens with zero attached hydrogens (tertiary/aromatic N) is 1. The molecule has 0 bridgehead atoms. The van der Waals surface area contributed by atoms with E-state index in [9.17, 15) is 23.3 Å². The van der Waals surface area contributed by atoms with Crippen molar-refractivity contribution >= 4 is 33.4 Å². The number of nitro groups is 1. The Labute approximate surface area is 125 Å². The third-order valence-electron chi connectivity index (χ3n) is 2.56. The van der Waals surface area contributed by atoms with E-state index < -0.39 is 27.0 Å². The first kappa shape index (κ1) is 17.4. The molecular weight excluding hydrogens is 320 g/mol. The number of non-ortho nitro benzene ring substituents is 1. The molecule has 10 heteroatoms. The summed E-state index contributed by atoms with van der Waals surface area (Å²) in [6, 6.07) is 2.98. The maximum absolute atomic E-state index is 12.0. The number of aliphatic carboxylic acids is 1. The number of hydrogen-bond acceptors (Lipinski definition) is 6. The van der Waals surface area contributed by atoms with E-state index >= 15 is 0 Å². The number of nitrogens with one attached hydrogen (secondary N) is 1. The quantitative estimate of drug-likeness (QED) is 0.538. The molecule has 0 saturated heterocycles. The van der Waals surface area contributed by atoms with Crippen molar-refractivity contribution in [2.75, 3.05) is 12.0 Å². The standard InChI is InChI=1S/C11H14N2O6S2/c1-20-7-6-10(11(14)15)12-21(18,19)9-4-2-8(3-5-9)13(16)17/h2-5,10,12H,6-7H2,1H3,(H,14,15)/t10-/m0/s1. The molecule has 0 fully saturated rings. The average Bonchev–Trinajstić information content (AvgIpc) is 2.43. The summed E-state index contributed by atoms with van der Waals surface area (Å²) < 4.78 is 26.2. The zero-order chi connectivity index (χ0) is 16.0. The summed E-state index contributed by atoms with van der Waals surface area (Å²) in [6.45, 7) is 0. The molecule has 0 aliphatic heterocycles. The lowest BCUT2D eigenvalue weighted by molar-refractivity contribution is -0.384. The van der Waals surface area contributed by atoms with Crippen LogP contribution >= 0.6 is 11.8 Å². The Balaban J connectivity index is 2.93. The smallest absolute Gasteiger partial charge is 0.321 e. The van der Waals surface area contributed by atoms with Gasteiger partial charge < -0.3 is 5.11 Å². The molecule has 0 unspecified atom stereocenters. The van der Waals surface area contributed by atoms with Crippen molar-refractivity contribution in [3.8, 4) is 0 Å². The molecule has 8 nitrogen and oxygen atoms in total. The topological polar surface area (TPSA) is 127 Å². The second kappa shape index (κ2) is 7.38. The Kier molecular flexibility index (Phi) is 6.12. The van der Waals surface area contributed by atoms with Gasteiger partial charge in [0.25, 0.3) is 5.69 Å². The van der Waals surface area contributed by atoms with Crippen LogP contribution in [-0.4, -0.2) is 42.5 Å². The Morgan fingerprint density at radius 2 is 2.00 bits per heavy atom. The number of sulfonamides is 1. The Hall–Kier alpha value is -1.65. The van der Waals surface area contributed by atoms with Crippen LogP contribution in [0.15, 0.2) is 29.2 Å². The van der Waals surface area contributed by atoms with Crippen LogP contribution in [0.4, 0.5) is 5.69 Å². The van der Waals surface area contributed by atoms with E-state index in [1.54, 1.807) is 6.26 Å². The van der Waals surface area contributed by atoms with Crippen molar-refractivity contribution in [1.29, 1.82) is 0 Å². The molecule has 0 aliphatic carbocycles. The Morgan fingerprint density at radius 3 is 2.43 bits per heavy atom. The number of benzene rings is 1. The van der Waals surface area contributed by atoms with Crippen molar-refractivity contribution in [2.45, 2.75) is 17.4 Å². The number of nitro benzene ring substituents is 1. The van der Waals surface area contributed by atoms with E-state index in [2.05, 4.69) is 4.72 Å². The third kappa shape index (κ3) is 4.99. The molecule has 1 aromatic carbocycles. The third-order valence-corrected chi connectivity index (χ3v) is 4.70. The van der Waals surface area contributed by atoms with Crippen molar-refractivity contribution < 1.29 is 23.2 Å². The summed E-state index contributed by atoms with van der Waals surface area (Å²) in [5.74, 6) is -0.783. The van der Waals surface area contributed by atoms with Crippen molar-refractivity contribution in [2.24, 2.45) is 0 Å². The average molecular weight is 334 g/mol. The molecule has 2 N–H and O–H groups in total. The highest BCUT2D eigenvalue weighted by molar-refractivity contribution is 7.98. The van der Waals surface area contributed by atoms with Gasteiger partial charge in [-0.1, -0.05) is 0 Å². The van der Waals surface area contributed by atoms with Gasteiger partial charge in [0.05, 0.1) is 9.82 Å². The van der Waals surface area contributed by atoms with Gasteiger partial charge >= 0.3 is 5.97 Å². The fourth-order valence-corrected chi connectivity index (χ4v) is 3.17. The maximum Gasteiger partial charge on any atom is 0.321 e. The SMILES string of the molecule is CSCC[C@H](NS(=O)(=O)c1ccc([N+](=O)[O-])cc1)C(=O)O. The van der Waals surface area contributed by atoms with Crippen LogP contribution in [0.1, 0.15) is 6.42 Å². The van der Waals surface area contributed by atoms with Gasteiger partial charge in [-0.15, -0.1) is 0 Å². The summed E-state index contributed by atoms with van der Waals surface area (Å²) in [6.07, 6.45) is 1.92. The highest BCUT2D eigenvalue weighted by Gasteiger charge is 2.25. The van der Waals surface area contributed by atoms with Gasteiger partial charge in [0.1, 0.15) is 6.04 Å². The molecule has 0 radical (unpaired) electrons. The van der Waals surface area contributed by atoms with E-state index in [4.69, 9.17) is 5.11 Å². The summed E-state index contributed by atoms with van der Waals surface area (Å²) in [5.41, 5.74) is -0.244. The molecule has 0 aromatic heterocycles. The Bertz CT molecular complexity index is 614. The summed E-state index contributed by atoms with van der Waals surface area (Å²) in [5, 5.41) is 19.5. The van der Waals surface area contributed by atoms with E-state index in [1.807, 2.05) is 0 Å². The van der Waals surface area contributed by atoms with E-state index in [0.717, 1.165) is 24.3 Å². The predicted octanol–water partition coefficient (Wildman–Crippen LogP) is 1.08. The first-order valence-electron chi connectivity index (χ1n) is 5.76. The van der Waals surface area contributed by atoms with Crippen molar-refractivity contribution in [3.63, 3.8) is 0 Å². The van der Waals surface area contributed by atoms with Gasteiger partial charge in [-0.3, -0.25) is 14.9 Å². The van der Waals surface area contributed by atoms with Crippen LogP contribution in [0.2, 0.25) is 0 Å². The zero-order valence-corrected chi connectivity index (χ0v) is 12.7. The molecule has 1 atom stereocenters. The normalized spacial score (nSPS) is 12.8. The number of carboxylic acid groups (broad SMARTS) is 1. The van der Waals surface area contributed by atoms with Gasteiger partial charge in [0.15, 0.2) is 0 Å². The number of thioether (sulfide) groups is 1. The minimum absolute atomic E-state index is 0.142. The van der Waals surface area contributed by atoms with Crippen LogP contribution in [0.25, 0.3) is 0 Å². The summed E-state index contributed by atoms with van der Waals surface area (Å²) in [4.78, 5) is 20.7. The van der Waals surface area contributed by atoms with Gasteiger partial charge in [-0.2, -0.15) is 16.5 Å². The highest BCUT2D eigenvalue weighted by Crippen LogP contribution is 2.16. The lowest BCUT2D eigenvalue weighted by Crippen LogP contribution is -2.41. The number of rotatable bonds is 8. The molecule has 21 heavy (non-hydrogen) atoms. The lowest BCUT2D eigenvalue weighted by atomic mass is 10.2. The molecule has 0 spiro atoms. The zero-order valence-electron chi connectivity index (χ0n) is 11.1. The monoisotopic (exact) mass is 334 g/mol. The van der Waals surface area contributed by atoms with E-state index in [0.29, 0.717) is 5.75 Å². The van der Waals surface area contributed by atoms with Gasteiger partial charge in [-0.25, -0.2) is 8.42 Å². The molecule has 0 heterocycles. The molecule has 0 aliphatic rings. The molecule has 116 valence electrons. The van der Waals surface area contributed by atoms with Crippen LogP contribution in [-0.2, 0) is 14.8 Å². The van der Waals surface area contributed by atoms with Crippen LogP contribution in [0.5, 0.6) is 0 Å². The molecule has 1 aromatic rings. The number of hydrogen-bond donors (Lipinski definition) is 2. The van der Waals surface area contributed by atoms with Crippen molar-refractivity contribution in [3.05, 3.63) is 34.4 Å². The van der Waals surface area contributed by atoms with E-state index in [-0.39, 0.29) is 17.0 Å². The van der Waals surface area contributed by atoms with E-state index in [1.165, 1.54) is 11.8 Å². The minimum atomic E-state index is -4.04. The second-order valence-electron chi connectivity index (χ2n) is 4.04. The molecule has 0 amide bonds. The predicted molar refractivity (Wildman–Crippen MR) is 77.8 cm³/mol. The van der Waals surface area contributed by atoms with Crippen LogP contribution < -0.4 is 4.72 Å². The summed E-state index contributed by atoms with van der Waals surface area (Å²) in [7, 11) is -4.04. The molecule has 0 saturated carbocycles. The largest absolute Gasteiger partial charge is 0.480 e. The minimum Gasteiger partial charge on any atom is -0.480 e. The van der Waals surface area contributed by atoms with Gasteiger partial charge in [-0.05, 0) is 30.6 Å². The summed E-state index contributed by atoms with van der Waals surface area (Å²) >= 11 is 1.40. The van der Waals surface area contributed by atoms with Gasteiger partial charge in [0.2, 0.25) is 10.0 Å². The fraction of sp³-hybridized carbons (Fsp3) is 0.364. The fourth-order valence-electron chi connectivity index (χ4n) is 1.47. The number of carbonyl (C=O) groups is 1. The van der Waals surface area contributed by atoms with Gasteiger partial charge in [0, 0.05) is 12.1 Å². The lowest BCUT2D eigenvalue weighted by Gasteiger charge is -2.14. The number of carboxylic acids is 1. The van der Waals surface area contributed by atoms with Crippen LogP contribution in [0.3, 0.4) is 0 Å². The highest BCUT2D eigenvalue weighted by atomic mass is 32.2. The van der Waals surface area contributed by atoms with Crippen molar-refractivity contribution in [1.82, 2.24) is 4.72 Å². The Morgan fingerprint density at radius 1 is 1.43 bits per heavy atom. The second-order valence-corrected chi connectivity index (χ2v) is 6.74. The van der Waals surface area contributed by atoms with Crippen LogP contribution in [0, 0.1) is 10.1 Å². The first-order valence-corrected chi connectivity index (χ1v) is 8.64. The molecule has 1 rings (SSSR count). The molecular formula is C11H14N2O6S2.